The summed E-state index contributed by atoms with van der Waals surface area (Å²) in [6.07, 6.45) is 0.954. The van der Waals surface area contributed by atoms with Crippen LogP contribution in [0.2, 0.25) is 0 Å². The van der Waals surface area contributed by atoms with Crippen molar-refractivity contribution in [3.05, 3.63) is 29.8 Å². The third-order valence-electron chi connectivity index (χ3n) is 3.72. The number of nitrogens with one attached hydrogen (secondary N) is 1. The van der Waals surface area contributed by atoms with E-state index in [1.807, 2.05) is 18.2 Å². The first-order valence-corrected chi connectivity index (χ1v) is 8.46. The van der Waals surface area contributed by atoms with Crippen LogP contribution < -0.4 is 10.1 Å². The molecule has 23 heavy (non-hydrogen) atoms. The fourth-order valence-electron chi connectivity index (χ4n) is 2.42. The van der Waals surface area contributed by atoms with Gasteiger partial charge < -0.3 is 14.8 Å². The van der Waals surface area contributed by atoms with Gasteiger partial charge in [-0.05, 0) is 37.1 Å². The number of hydrogen-bond donors (Lipinski definition) is 1. The van der Waals surface area contributed by atoms with Crippen LogP contribution in [0, 0.1) is 5.92 Å². The molecule has 0 radical (unpaired) electrons. The van der Waals surface area contributed by atoms with Gasteiger partial charge in [0.1, 0.15) is 5.75 Å². The molecule has 5 nitrogen and oxygen atoms in total. The quantitative estimate of drug-likeness (QED) is 0.746. The second-order valence-electron chi connectivity index (χ2n) is 6.30. The number of morpholine rings is 1. The maximum absolute atomic E-state index is 12.2. The first-order valence-electron chi connectivity index (χ1n) is 8.46. The smallest absolute Gasteiger partial charge is 0.251 e. The topological polar surface area (TPSA) is 50.8 Å². The summed E-state index contributed by atoms with van der Waals surface area (Å²) in [5, 5.41) is 2.98. The van der Waals surface area contributed by atoms with Crippen molar-refractivity contribution < 1.29 is 14.3 Å². The molecule has 0 spiro atoms. The lowest BCUT2D eigenvalue weighted by molar-refractivity contribution is 0.0374. The lowest BCUT2D eigenvalue weighted by Crippen LogP contribution is -2.38. The fourth-order valence-corrected chi connectivity index (χ4v) is 2.42. The van der Waals surface area contributed by atoms with Crippen LogP contribution >= 0.6 is 0 Å². The van der Waals surface area contributed by atoms with E-state index in [-0.39, 0.29) is 5.91 Å². The van der Waals surface area contributed by atoms with E-state index in [1.165, 1.54) is 0 Å². The third kappa shape index (κ3) is 6.59. The molecule has 0 unspecified atom stereocenters. The van der Waals surface area contributed by atoms with E-state index in [0.29, 0.717) is 24.6 Å². The van der Waals surface area contributed by atoms with E-state index in [9.17, 15) is 4.79 Å². The molecule has 1 aromatic carbocycles. The summed E-state index contributed by atoms with van der Waals surface area (Å²) in [7, 11) is 0. The highest BCUT2D eigenvalue weighted by Crippen LogP contribution is 2.14. The number of rotatable bonds is 8. The molecule has 1 heterocycles. The van der Waals surface area contributed by atoms with Gasteiger partial charge in [0.05, 0.1) is 19.8 Å². The number of hydrogen-bond acceptors (Lipinski definition) is 4. The molecule has 1 N–H and O–H groups in total. The Bertz CT molecular complexity index is 485. The number of benzene rings is 1. The van der Waals surface area contributed by atoms with Crippen LogP contribution in [0.15, 0.2) is 24.3 Å². The predicted molar refractivity (Wildman–Crippen MR) is 91.0 cm³/mol. The normalized spacial score (nSPS) is 15.6. The molecule has 1 aliphatic heterocycles. The van der Waals surface area contributed by atoms with Crippen molar-refractivity contribution in [3.8, 4) is 5.75 Å². The molecule has 0 saturated carbocycles. The van der Waals surface area contributed by atoms with E-state index in [0.717, 1.165) is 45.0 Å². The zero-order valence-electron chi connectivity index (χ0n) is 14.2. The van der Waals surface area contributed by atoms with Crippen LogP contribution in [0.4, 0.5) is 0 Å². The molecule has 0 aliphatic carbocycles. The second-order valence-corrected chi connectivity index (χ2v) is 6.30. The van der Waals surface area contributed by atoms with Gasteiger partial charge in [0.25, 0.3) is 5.91 Å². The number of amides is 1. The maximum atomic E-state index is 12.2. The van der Waals surface area contributed by atoms with Crippen molar-refractivity contribution in [3.63, 3.8) is 0 Å². The molecular formula is C18H28N2O3. The summed E-state index contributed by atoms with van der Waals surface area (Å²) in [5.74, 6) is 1.18. The van der Waals surface area contributed by atoms with Crippen LogP contribution in [0.3, 0.4) is 0 Å². The van der Waals surface area contributed by atoms with Gasteiger partial charge in [0.2, 0.25) is 0 Å². The number of carbonyl (C=O) groups is 1. The summed E-state index contributed by atoms with van der Waals surface area (Å²) in [6, 6.07) is 7.37. The number of ether oxygens (including phenoxy) is 2. The Kier molecular flexibility index (Phi) is 7.36. The summed E-state index contributed by atoms with van der Waals surface area (Å²) in [6.45, 7) is 10.2. The molecular weight excluding hydrogens is 292 g/mol. The first kappa shape index (κ1) is 17.8. The third-order valence-corrected chi connectivity index (χ3v) is 3.72. The molecule has 2 rings (SSSR count). The molecule has 0 aromatic heterocycles. The minimum atomic E-state index is -0.0398. The molecule has 5 heteroatoms. The van der Waals surface area contributed by atoms with Crippen molar-refractivity contribution in [1.29, 1.82) is 0 Å². The Morgan fingerprint density at radius 3 is 2.87 bits per heavy atom. The predicted octanol–water partition coefficient (Wildman–Crippen LogP) is 2.17. The maximum Gasteiger partial charge on any atom is 0.251 e. The van der Waals surface area contributed by atoms with Crippen LogP contribution in [-0.2, 0) is 4.74 Å². The molecule has 1 aliphatic rings. The average molecular weight is 320 g/mol. The van der Waals surface area contributed by atoms with Gasteiger partial charge in [-0.25, -0.2) is 0 Å². The van der Waals surface area contributed by atoms with Crippen LogP contribution in [-0.4, -0.2) is 56.8 Å². The minimum Gasteiger partial charge on any atom is -0.493 e. The van der Waals surface area contributed by atoms with Gasteiger partial charge >= 0.3 is 0 Å². The Balaban J connectivity index is 1.71. The Labute approximate surface area is 139 Å². The van der Waals surface area contributed by atoms with E-state index in [1.54, 1.807) is 6.07 Å². The second kappa shape index (κ2) is 9.53. The van der Waals surface area contributed by atoms with E-state index >= 15 is 0 Å². The Hall–Kier alpha value is -1.59. The lowest BCUT2D eigenvalue weighted by atomic mass is 10.2. The lowest BCUT2D eigenvalue weighted by Gasteiger charge is -2.26. The Morgan fingerprint density at radius 1 is 1.35 bits per heavy atom. The molecule has 128 valence electrons. The van der Waals surface area contributed by atoms with Crippen molar-refractivity contribution in [2.24, 2.45) is 5.92 Å². The minimum absolute atomic E-state index is 0.0398. The highest BCUT2D eigenvalue weighted by atomic mass is 16.5. The fraction of sp³-hybridized carbons (Fsp3) is 0.611. The van der Waals surface area contributed by atoms with Crippen LogP contribution in [0.5, 0.6) is 5.75 Å². The van der Waals surface area contributed by atoms with Crippen molar-refractivity contribution in [1.82, 2.24) is 10.2 Å². The van der Waals surface area contributed by atoms with E-state index in [2.05, 4.69) is 24.1 Å². The number of nitrogens with zero attached hydrogens (tertiary/aromatic N) is 1. The SMILES string of the molecule is CC(C)COc1cccc(C(=O)NCCCN2CCOCC2)c1. The molecule has 1 saturated heterocycles. The highest BCUT2D eigenvalue weighted by molar-refractivity contribution is 5.94. The molecule has 1 aromatic rings. The average Bonchev–Trinajstić information content (AvgIpc) is 2.58. The van der Waals surface area contributed by atoms with Gasteiger partial charge in [-0.2, -0.15) is 0 Å². The van der Waals surface area contributed by atoms with Crippen LogP contribution in [0.1, 0.15) is 30.6 Å². The highest BCUT2D eigenvalue weighted by Gasteiger charge is 2.10. The monoisotopic (exact) mass is 320 g/mol. The summed E-state index contributed by atoms with van der Waals surface area (Å²) < 4.78 is 11.0. The molecule has 1 amide bonds. The molecule has 1 fully saturated rings. The van der Waals surface area contributed by atoms with Crippen LogP contribution in [0.25, 0.3) is 0 Å². The van der Waals surface area contributed by atoms with Gasteiger partial charge in [0, 0.05) is 25.2 Å². The van der Waals surface area contributed by atoms with Crippen molar-refractivity contribution >= 4 is 5.91 Å². The summed E-state index contributed by atoms with van der Waals surface area (Å²) >= 11 is 0. The van der Waals surface area contributed by atoms with Gasteiger partial charge in [-0.1, -0.05) is 19.9 Å². The Morgan fingerprint density at radius 2 is 2.13 bits per heavy atom. The van der Waals surface area contributed by atoms with Gasteiger partial charge in [-0.15, -0.1) is 0 Å². The zero-order valence-corrected chi connectivity index (χ0v) is 14.2. The van der Waals surface area contributed by atoms with Crippen molar-refractivity contribution in [2.75, 3.05) is 46.0 Å². The van der Waals surface area contributed by atoms with E-state index in [4.69, 9.17) is 9.47 Å². The summed E-state index contributed by atoms with van der Waals surface area (Å²) in [5.41, 5.74) is 0.651. The van der Waals surface area contributed by atoms with Crippen molar-refractivity contribution in [2.45, 2.75) is 20.3 Å². The summed E-state index contributed by atoms with van der Waals surface area (Å²) in [4.78, 5) is 14.6. The number of carbonyl (C=O) groups excluding carboxylic acids is 1. The largest absolute Gasteiger partial charge is 0.493 e. The van der Waals surface area contributed by atoms with Gasteiger partial charge in [-0.3, -0.25) is 9.69 Å². The van der Waals surface area contributed by atoms with Gasteiger partial charge in [0.15, 0.2) is 0 Å². The zero-order chi connectivity index (χ0) is 16.5. The molecule has 0 bridgehead atoms. The van der Waals surface area contributed by atoms with E-state index < -0.39 is 0 Å². The first-order chi connectivity index (χ1) is 11.1. The molecule has 0 atom stereocenters. The standard InChI is InChI=1S/C18H28N2O3/c1-15(2)14-23-17-6-3-5-16(13-17)18(21)19-7-4-8-20-9-11-22-12-10-20/h3,5-6,13,15H,4,7-12,14H2,1-2H3,(H,19,21).